The minimum absolute atomic E-state index is 0.233. The van der Waals surface area contributed by atoms with Gasteiger partial charge in [0.1, 0.15) is 0 Å². The van der Waals surface area contributed by atoms with Crippen molar-refractivity contribution in [3.05, 3.63) is 0 Å². The monoisotopic (exact) mass is 243 g/mol. The van der Waals surface area contributed by atoms with Gasteiger partial charge in [-0.15, -0.1) is 0 Å². The average Bonchev–Trinajstić information content (AvgIpc) is 2.78. The molecule has 2 fully saturated rings. The van der Waals surface area contributed by atoms with E-state index in [0.29, 0.717) is 6.10 Å². The summed E-state index contributed by atoms with van der Waals surface area (Å²) in [6, 6.07) is 0. The zero-order chi connectivity index (χ0) is 12.1. The smallest absolute Gasteiger partial charge is 0.0793 e. The Kier molecular flexibility index (Phi) is 5.18. The van der Waals surface area contributed by atoms with Crippen LogP contribution in [0.4, 0.5) is 0 Å². The van der Waals surface area contributed by atoms with Crippen LogP contribution in [0.15, 0.2) is 0 Å². The molecule has 17 heavy (non-hydrogen) atoms. The third-order valence-corrected chi connectivity index (χ3v) is 3.71. The second-order valence-electron chi connectivity index (χ2n) is 5.11. The normalized spacial score (nSPS) is 29.6. The molecule has 0 amide bonds. The quantitative estimate of drug-likeness (QED) is 0.647. The molecule has 5 nitrogen and oxygen atoms in total. The van der Waals surface area contributed by atoms with E-state index < -0.39 is 0 Å². The standard InChI is InChI=1S/C12H25N3O2/c1-17-12-2-5-15(10-12)9-11(16)8-14-6-3-13-4-7-14/h11-13,16H,2-10H2,1H3. The fraction of sp³-hybridized carbons (Fsp3) is 1.00. The first kappa shape index (κ1) is 13.2. The molecular formula is C12H25N3O2. The van der Waals surface area contributed by atoms with E-state index in [4.69, 9.17) is 4.74 Å². The number of aliphatic hydroxyl groups is 1. The van der Waals surface area contributed by atoms with E-state index in [0.717, 1.165) is 58.8 Å². The number of β-amino-alcohol motifs (C(OH)–C–C–N with tert-alkyl or cyclic N) is 1. The van der Waals surface area contributed by atoms with Crippen molar-refractivity contribution in [3.63, 3.8) is 0 Å². The molecule has 2 saturated heterocycles. The number of hydrogen-bond donors (Lipinski definition) is 2. The molecular weight excluding hydrogens is 218 g/mol. The van der Waals surface area contributed by atoms with Gasteiger partial charge in [-0.2, -0.15) is 0 Å². The predicted octanol–water partition coefficient (Wildman–Crippen LogP) is -1.03. The molecule has 0 aromatic carbocycles. The highest BCUT2D eigenvalue weighted by molar-refractivity contribution is 4.79. The first-order chi connectivity index (χ1) is 8.28. The van der Waals surface area contributed by atoms with Crippen LogP contribution in [-0.4, -0.2) is 86.6 Å². The van der Waals surface area contributed by atoms with E-state index in [9.17, 15) is 5.11 Å². The summed E-state index contributed by atoms with van der Waals surface area (Å²) in [5, 5.41) is 13.4. The lowest BCUT2D eigenvalue weighted by atomic mass is 10.2. The lowest BCUT2D eigenvalue weighted by Crippen LogP contribution is -2.48. The van der Waals surface area contributed by atoms with Gasteiger partial charge in [0.2, 0.25) is 0 Å². The summed E-state index contributed by atoms with van der Waals surface area (Å²) < 4.78 is 5.33. The molecule has 100 valence electrons. The first-order valence-corrected chi connectivity index (χ1v) is 6.64. The molecule has 0 aromatic rings. The van der Waals surface area contributed by atoms with Crippen molar-refractivity contribution in [2.24, 2.45) is 0 Å². The molecule has 2 atom stereocenters. The van der Waals surface area contributed by atoms with E-state index in [2.05, 4.69) is 15.1 Å². The van der Waals surface area contributed by atoms with Gasteiger partial charge in [0.25, 0.3) is 0 Å². The minimum Gasteiger partial charge on any atom is -0.390 e. The molecule has 2 rings (SSSR count). The number of likely N-dealkylation sites (tertiary alicyclic amines) is 1. The predicted molar refractivity (Wildman–Crippen MR) is 67.2 cm³/mol. The number of methoxy groups -OCH3 is 1. The van der Waals surface area contributed by atoms with Crippen molar-refractivity contribution in [1.29, 1.82) is 0 Å². The van der Waals surface area contributed by atoms with Crippen LogP contribution in [0.1, 0.15) is 6.42 Å². The Morgan fingerprint density at radius 3 is 2.59 bits per heavy atom. The molecule has 2 N–H and O–H groups in total. The third kappa shape index (κ3) is 4.19. The lowest BCUT2D eigenvalue weighted by molar-refractivity contribution is 0.0654. The van der Waals surface area contributed by atoms with Crippen LogP contribution in [0, 0.1) is 0 Å². The van der Waals surface area contributed by atoms with Gasteiger partial charge in [0.05, 0.1) is 12.2 Å². The average molecular weight is 243 g/mol. The Hall–Kier alpha value is -0.200. The van der Waals surface area contributed by atoms with Gasteiger partial charge in [-0.1, -0.05) is 0 Å². The van der Waals surface area contributed by atoms with Crippen molar-refractivity contribution in [2.45, 2.75) is 18.6 Å². The summed E-state index contributed by atoms with van der Waals surface area (Å²) in [5.41, 5.74) is 0. The summed E-state index contributed by atoms with van der Waals surface area (Å²) >= 11 is 0. The van der Waals surface area contributed by atoms with E-state index in [1.54, 1.807) is 7.11 Å². The van der Waals surface area contributed by atoms with Crippen molar-refractivity contribution in [3.8, 4) is 0 Å². The molecule has 0 aliphatic carbocycles. The number of rotatable bonds is 5. The van der Waals surface area contributed by atoms with Gasteiger partial charge in [-0.25, -0.2) is 0 Å². The van der Waals surface area contributed by atoms with E-state index in [-0.39, 0.29) is 6.10 Å². The molecule has 0 radical (unpaired) electrons. The molecule has 2 heterocycles. The summed E-state index contributed by atoms with van der Waals surface area (Å²) in [7, 11) is 1.77. The SMILES string of the molecule is COC1CCN(CC(O)CN2CCNCC2)C1. The van der Waals surface area contributed by atoms with Gasteiger partial charge >= 0.3 is 0 Å². The summed E-state index contributed by atoms with van der Waals surface area (Å²) in [5.74, 6) is 0. The molecule has 0 aromatic heterocycles. The third-order valence-electron chi connectivity index (χ3n) is 3.71. The molecule has 2 aliphatic rings. The molecule has 0 spiro atoms. The largest absolute Gasteiger partial charge is 0.390 e. The summed E-state index contributed by atoms with van der Waals surface area (Å²) in [6.07, 6.45) is 1.22. The van der Waals surface area contributed by atoms with E-state index >= 15 is 0 Å². The Labute approximate surface area is 104 Å². The van der Waals surface area contributed by atoms with Gasteiger partial charge in [-0.3, -0.25) is 9.80 Å². The van der Waals surface area contributed by atoms with Gasteiger partial charge in [-0.05, 0) is 6.42 Å². The van der Waals surface area contributed by atoms with Crippen LogP contribution in [-0.2, 0) is 4.74 Å². The summed E-state index contributed by atoms with van der Waals surface area (Å²) in [6.45, 7) is 7.80. The van der Waals surface area contributed by atoms with Crippen molar-refractivity contribution in [2.75, 3.05) is 59.5 Å². The number of hydrogen-bond acceptors (Lipinski definition) is 5. The topological polar surface area (TPSA) is 48.0 Å². The zero-order valence-electron chi connectivity index (χ0n) is 10.8. The Morgan fingerprint density at radius 2 is 1.94 bits per heavy atom. The highest BCUT2D eigenvalue weighted by atomic mass is 16.5. The molecule has 5 heteroatoms. The van der Waals surface area contributed by atoms with Gasteiger partial charge < -0.3 is 15.2 Å². The number of nitrogens with one attached hydrogen (secondary N) is 1. The summed E-state index contributed by atoms with van der Waals surface area (Å²) in [4.78, 5) is 4.64. The van der Waals surface area contributed by atoms with Crippen molar-refractivity contribution in [1.82, 2.24) is 15.1 Å². The first-order valence-electron chi connectivity index (χ1n) is 6.64. The second-order valence-corrected chi connectivity index (χ2v) is 5.11. The maximum Gasteiger partial charge on any atom is 0.0793 e. The molecule has 2 aliphatic heterocycles. The maximum absolute atomic E-state index is 10.1. The van der Waals surface area contributed by atoms with Crippen LogP contribution in [0.5, 0.6) is 0 Å². The number of aliphatic hydroxyl groups excluding tert-OH is 1. The van der Waals surface area contributed by atoms with Crippen LogP contribution < -0.4 is 5.32 Å². The van der Waals surface area contributed by atoms with Gasteiger partial charge in [0.15, 0.2) is 0 Å². The fourth-order valence-electron chi connectivity index (χ4n) is 2.70. The van der Waals surface area contributed by atoms with Crippen LogP contribution in [0.3, 0.4) is 0 Å². The molecule has 2 unspecified atom stereocenters. The van der Waals surface area contributed by atoms with Crippen LogP contribution >= 0.6 is 0 Å². The van der Waals surface area contributed by atoms with E-state index in [1.165, 1.54) is 0 Å². The van der Waals surface area contributed by atoms with E-state index in [1.807, 2.05) is 0 Å². The highest BCUT2D eigenvalue weighted by Gasteiger charge is 2.24. The highest BCUT2D eigenvalue weighted by Crippen LogP contribution is 2.12. The molecule has 0 saturated carbocycles. The number of ether oxygens (including phenoxy) is 1. The Morgan fingerprint density at radius 1 is 1.24 bits per heavy atom. The Balaban J connectivity index is 1.64. The number of nitrogens with zero attached hydrogens (tertiary/aromatic N) is 2. The second kappa shape index (κ2) is 6.66. The molecule has 0 bridgehead atoms. The fourth-order valence-corrected chi connectivity index (χ4v) is 2.70. The number of piperazine rings is 1. The lowest BCUT2D eigenvalue weighted by Gasteiger charge is -2.30. The maximum atomic E-state index is 10.1. The zero-order valence-corrected chi connectivity index (χ0v) is 10.8. The Bertz CT molecular complexity index is 222. The van der Waals surface area contributed by atoms with Crippen molar-refractivity contribution >= 4 is 0 Å². The van der Waals surface area contributed by atoms with Crippen LogP contribution in [0.25, 0.3) is 0 Å². The van der Waals surface area contributed by atoms with Crippen LogP contribution in [0.2, 0.25) is 0 Å². The van der Waals surface area contributed by atoms with Gasteiger partial charge in [0, 0.05) is 59.5 Å². The van der Waals surface area contributed by atoms with Crippen molar-refractivity contribution < 1.29 is 9.84 Å². The minimum atomic E-state index is -0.233.